The molecule has 32 heavy (non-hydrogen) atoms. The fourth-order valence-electron chi connectivity index (χ4n) is 2.91. The van der Waals surface area contributed by atoms with Gasteiger partial charge in [-0.2, -0.15) is 17.6 Å². The minimum absolute atomic E-state index is 0.446. The summed E-state index contributed by atoms with van der Waals surface area (Å²) in [5.74, 6) is -4.90. The molecule has 0 N–H and O–H groups in total. The first-order valence-electron chi connectivity index (χ1n) is 9.50. The van der Waals surface area contributed by atoms with Gasteiger partial charge in [-0.15, -0.1) is 0 Å². The summed E-state index contributed by atoms with van der Waals surface area (Å²) in [5.41, 5.74) is -1.20. The molecule has 0 bridgehead atoms. The average Bonchev–Trinajstić information content (AvgIpc) is 2.71. The Labute approximate surface area is 179 Å². The van der Waals surface area contributed by atoms with E-state index in [2.05, 4.69) is 9.47 Å². The number of hydrogen-bond acceptors (Lipinski definition) is 2. The Morgan fingerprint density at radius 2 is 1.28 bits per heavy atom. The van der Waals surface area contributed by atoms with Crippen molar-refractivity contribution >= 4 is 0 Å². The van der Waals surface area contributed by atoms with Crippen LogP contribution in [0.25, 0.3) is 0 Å². The summed E-state index contributed by atoms with van der Waals surface area (Å²) in [7, 11) is 0. The summed E-state index contributed by atoms with van der Waals surface area (Å²) in [5, 5.41) is 0. The molecule has 3 aromatic carbocycles. The maximum absolute atomic E-state index is 14.4. The normalized spacial score (nSPS) is 12.0. The molecule has 0 radical (unpaired) electrons. The van der Waals surface area contributed by atoms with E-state index in [0.717, 1.165) is 42.5 Å². The molecular weight excluding hydrogens is 441 g/mol. The zero-order valence-electron chi connectivity index (χ0n) is 16.6. The van der Waals surface area contributed by atoms with Crippen molar-refractivity contribution in [3.8, 4) is 11.5 Å². The summed E-state index contributed by atoms with van der Waals surface area (Å²) < 4.78 is 107. The first-order valence-corrected chi connectivity index (χ1v) is 9.50. The number of ether oxygens (including phenoxy) is 2. The van der Waals surface area contributed by atoms with Crippen molar-refractivity contribution in [1.82, 2.24) is 0 Å². The van der Waals surface area contributed by atoms with Crippen molar-refractivity contribution in [1.29, 1.82) is 0 Å². The summed E-state index contributed by atoms with van der Waals surface area (Å²) in [6.07, 6.45) is -6.80. The molecule has 0 unspecified atom stereocenters. The molecule has 3 aromatic rings. The zero-order chi connectivity index (χ0) is 23.5. The van der Waals surface area contributed by atoms with Crippen LogP contribution in [0.15, 0.2) is 60.7 Å². The Balaban J connectivity index is 1.75. The van der Waals surface area contributed by atoms with E-state index in [-0.39, 0.29) is 0 Å². The minimum atomic E-state index is -4.05. The van der Waals surface area contributed by atoms with Gasteiger partial charge in [-0.05, 0) is 60.5 Å². The first-order chi connectivity index (χ1) is 15.0. The molecule has 2 nitrogen and oxygen atoms in total. The Hall–Kier alpha value is -3.23. The van der Waals surface area contributed by atoms with E-state index in [1.165, 1.54) is 6.07 Å². The monoisotopic (exact) mass is 458 g/mol. The summed E-state index contributed by atoms with van der Waals surface area (Å²) in [4.78, 5) is 0. The van der Waals surface area contributed by atoms with Crippen LogP contribution in [-0.4, -0.2) is 0 Å². The second-order valence-corrected chi connectivity index (χ2v) is 6.90. The fraction of sp³-hybridized carbons (Fsp3) is 0.217. The highest BCUT2D eigenvalue weighted by atomic mass is 19.3. The Morgan fingerprint density at radius 1 is 0.656 bits per heavy atom. The highest BCUT2D eigenvalue weighted by Crippen LogP contribution is 2.36. The second kappa shape index (κ2) is 9.10. The van der Waals surface area contributed by atoms with Gasteiger partial charge in [-0.1, -0.05) is 19.4 Å². The number of aryl methyl sites for hydroxylation is 1. The van der Waals surface area contributed by atoms with Gasteiger partial charge in [0.1, 0.15) is 17.3 Å². The quantitative estimate of drug-likeness (QED) is 0.330. The molecule has 170 valence electrons. The van der Waals surface area contributed by atoms with Crippen LogP contribution in [0.3, 0.4) is 0 Å². The minimum Gasteiger partial charge on any atom is -0.429 e. The number of halogens is 7. The van der Waals surface area contributed by atoms with Crippen molar-refractivity contribution < 1.29 is 40.2 Å². The molecule has 0 saturated heterocycles. The average molecular weight is 458 g/mol. The van der Waals surface area contributed by atoms with Gasteiger partial charge in [0, 0.05) is 6.07 Å². The SMILES string of the molecule is CCCc1ccc(C(F)(F)Oc2ccc(C(F)(F)Oc3ccc(F)c(F)c3)cc2)c(F)c1. The van der Waals surface area contributed by atoms with Crippen LogP contribution in [0, 0.1) is 17.5 Å². The van der Waals surface area contributed by atoms with Gasteiger partial charge in [0.2, 0.25) is 0 Å². The fourth-order valence-corrected chi connectivity index (χ4v) is 2.91. The van der Waals surface area contributed by atoms with Gasteiger partial charge in [-0.3, -0.25) is 0 Å². The summed E-state index contributed by atoms with van der Waals surface area (Å²) >= 11 is 0. The smallest absolute Gasteiger partial charge is 0.429 e. The van der Waals surface area contributed by atoms with Crippen molar-refractivity contribution in [2.24, 2.45) is 0 Å². The Morgan fingerprint density at radius 3 is 1.88 bits per heavy atom. The molecule has 0 atom stereocenters. The predicted octanol–water partition coefficient (Wildman–Crippen LogP) is 7.31. The van der Waals surface area contributed by atoms with E-state index in [1.807, 2.05) is 6.92 Å². The Bertz CT molecular complexity index is 1080. The van der Waals surface area contributed by atoms with Gasteiger partial charge >= 0.3 is 12.2 Å². The molecule has 3 rings (SSSR count). The van der Waals surface area contributed by atoms with Gasteiger partial charge in [0.25, 0.3) is 0 Å². The number of rotatable bonds is 8. The van der Waals surface area contributed by atoms with Crippen LogP contribution in [0.2, 0.25) is 0 Å². The first kappa shape index (κ1) is 23.4. The van der Waals surface area contributed by atoms with E-state index in [0.29, 0.717) is 30.5 Å². The van der Waals surface area contributed by atoms with Gasteiger partial charge in [0.05, 0.1) is 11.1 Å². The zero-order valence-corrected chi connectivity index (χ0v) is 16.6. The molecule has 0 fully saturated rings. The predicted molar refractivity (Wildman–Crippen MR) is 102 cm³/mol. The van der Waals surface area contributed by atoms with Crippen LogP contribution in [-0.2, 0) is 18.6 Å². The molecule has 0 aliphatic carbocycles. The second-order valence-electron chi connectivity index (χ2n) is 6.90. The van der Waals surface area contributed by atoms with Gasteiger partial charge in [-0.25, -0.2) is 13.2 Å². The molecule has 0 aliphatic heterocycles. The van der Waals surface area contributed by atoms with Crippen molar-refractivity contribution in [2.45, 2.75) is 32.0 Å². The lowest BCUT2D eigenvalue weighted by Crippen LogP contribution is -2.24. The number of alkyl halides is 4. The highest BCUT2D eigenvalue weighted by molar-refractivity contribution is 5.33. The van der Waals surface area contributed by atoms with Gasteiger partial charge < -0.3 is 9.47 Å². The highest BCUT2D eigenvalue weighted by Gasteiger charge is 2.39. The maximum Gasteiger partial charge on any atom is 0.429 e. The van der Waals surface area contributed by atoms with Crippen LogP contribution in [0.5, 0.6) is 11.5 Å². The van der Waals surface area contributed by atoms with Crippen LogP contribution >= 0.6 is 0 Å². The topological polar surface area (TPSA) is 18.5 Å². The lowest BCUT2D eigenvalue weighted by molar-refractivity contribution is -0.188. The molecule has 0 aromatic heterocycles. The third-order valence-electron chi connectivity index (χ3n) is 4.46. The number of hydrogen-bond donors (Lipinski definition) is 0. The third kappa shape index (κ3) is 5.33. The molecule has 0 aliphatic rings. The van der Waals surface area contributed by atoms with Crippen LogP contribution in [0.1, 0.15) is 30.0 Å². The van der Waals surface area contributed by atoms with Crippen molar-refractivity contribution in [3.63, 3.8) is 0 Å². The summed E-state index contributed by atoms with van der Waals surface area (Å²) in [6.45, 7) is 1.86. The third-order valence-corrected chi connectivity index (χ3v) is 4.46. The molecule has 9 heteroatoms. The van der Waals surface area contributed by atoms with Crippen LogP contribution in [0.4, 0.5) is 30.7 Å². The van der Waals surface area contributed by atoms with E-state index < -0.39 is 52.3 Å². The molecule has 0 spiro atoms. The number of benzene rings is 3. The standard InChI is InChI=1S/C23H17F7O2/c1-2-3-14-4-10-18(20(25)12-14)23(29,30)31-16-7-5-15(6-8-16)22(27,28)32-17-9-11-19(24)21(26)13-17/h4-13H,2-3H2,1H3. The summed E-state index contributed by atoms with van der Waals surface area (Å²) in [6, 6.07) is 8.31. The van der Waals surface area contributed by atoms with Crippen molar-refractivity contribution in [2.75, 3.05) is 0 Å². The van der Waals surface area contributed by atoms with E-state index in [9.17, 15) is 30.7 Å². The largest absolute Gasteiger partial charge is 0.429 e. The maximum atomic E-state index is 14.4. The van der Waals surface area contributed by atoms with E-state index in [1.54, 1.807) is 0 Å². The Kier molecular flexibility index (Phi) is 6.66. The molecular formula is C23H17F7O2. The van der Waals surface area contributed by atoms with E-state index >= 15 is 0 Å². The molecule has 0 amide bonds. The van der Waals surface area contributed by atoms with Crippen LogP contribution < -0.4 is 9.47 Å². The van der Waals surface area contributed by atoms with E-state index in [4.69, 9.17) is 0 Å². The lowest BCUT2D eigenvalue weighted by Gasteiger charge is -2.21. The lowest BCUT2D eigenvalue weighted by atomic mass is 10.1. The van der Waals surface area contributed by atoms with Crippen molar-refractivity contribution in [3.05, 3.63) is 94.8 Å². The molecule has 0 heterocycles. The van der Waals surface area contributed by atoms with Gasteiger partial charge in [0.15, 0.2) is 11.6 Å². The molecule has 0 saturated carbocycles.